The van der Waals surface area contributed by atoms with E-state index in [-0.39, 0.29) is 23.5 Å². The smallest absolute Gasteiger partial charge is 0.130 e. The first-order valence-corrected chi connectivity index (χ1v) is 13.4. The maximum atomic E-state index is 14.9. The van der Waals surface area contributed by atoms with E-state index in [9.17, 15) is 8.78 Å². The van der Waals surface area contributed by atoms with E-state index in [1.807, 2.05) is 26.8 Å². The minimum atomic E-state index is -0.342. The molecule has 0 aromatic carbocycles. The van der Waals surface area contributed by atoms with Crippen molar-refractivity contribution in [3.63, 3.8) is 0 Å². The van der Waals surface area contributed by atoms with Gasteiger partial charge in [0.1, 0.15) is 11.7 Å². The molecular weight excluding hydrogens is 434 g/mol. The molecule has 0 radical (unpaired) electrons. The van der Waals surface area contributed by atoms with E-state index in [1.165, 1.54) is 25.0 Å². The highest BCUT2D eigenvalue weighted by Crippen LogP contribution is 2.29. The van der Waals surface area contributed by atoms with Crippen LogP contribution in [0.4, 0.5) is 8.78 Å². The van der Waals surface area contributed by atoms with Gasteiger partial charge in [0.2, 0.25) is 0 Å². The van der Waals surface area contributed by atoms with Crippen LogP contribution in [0.5, 0.6) is 0 Å². The van der Waals surface area contributed by atoms with E-state index >= 15 is 0 Å². The Kier molecular flexibility index (Phi) is 15.7. The lowest BCUT2D eigenvalue weighted by Gasteiger charge is -2.22. The molecule has 0 fully saturated rings. The summed E-state index contributed by atoms with van der Waals surface area (Å²) in [5, 5.41) is 0. The molecule has 2 heteroatoms. The van der Waals surface area contributed by atoms with Crippen LogP contribution in [0.15, 0.2) is 84.1 Å². The van der Waals surface area contributed by atoms with Gasteiger partial charge in [-0.15, -0.1) is 0 Å². The summed E-state index contributed by atoms with van der Waals surface area (Å²) >= 11 is 0. The zero-order valence-corrected chi connectivity index (χ0v) is 23.9. The monoisotopic (exact) mass is 486 g/mol. The number of halogens is 2. The molecule has 0 bridgehead atoms. The SMILES string of the molecule is C=C(CC)/C(F)=C\C(=C)C(C)C/C=C(\C)C(=C)/C(F)=C\C(=C)C(C)CCC(C)C(C)CCC(C)C. The third kappa shape index (κ3) is 13.1. The van der Waals surface area contributed by atoms with Gasteiger partial charge in [-0.05, 0) is 96.6 Å². The summed E-state index contributed by atoms with van der Waals surface area (Å²) in [5.74, 6) is 1.68. The van der Waals surface area contributed by atoms with Crippen LogP contribution in [0, 0.1) is 29.6 Å². The summed E-state index contributed by atoms with van der Waals surface area (Å²) in [6.45, 7) is 32.8. The maximum Gasteiger partial charge on any atom is 0.130 e. The van der Waals surface area contributed by atoms with E-state index in [0.29, 0.717) is 41.4 Å². The minimum Gasteiger partial charge on any atom is -0.207 e. The molecule has 0 aliphatic heterocycles. The highest BCUT2D eigenvalue weighted by atomic mass is 19.1. The zero-order valence-electron chi connectivity index (χ0n) is 23.9. The highest BCUT2D eigenvalue weighted by Gasteiger charge is 2.16. The summed E-state index contributed by atoms with van der Waals surface area (Å²) in [6.07, 6.45) is 10.8. The van der Waals surface area contributed by atoms with Gasteiger partial charge < -0.3 is 0 Å². The molecule has 0 aromatic heterocycles. The average molecular weight is 487 g/mol. The molecule has 0 heterocycles. The second-order valence-electron chi connectivity index (χ2n) is 11.0. The Labute approximate surface area is 216 Å². The van der Waals surface area contributed by atoms with Crippen molar-refractivity contribution in [3.05, 3.63) is 84.1 Å². The van der Waals surface area contributed by atoms with Gasteiger partial charge in [0.05, 0.1) is 0 Å². The lowest BCUT2D eigenvalue weighted by Crippen LogP contribution is -2.11. The number of rotatable bonds is 17. The summed E-state index contributed by atoms with van der Waals surface area (Å²) in [6, 6.07) is 0. The summed E-state index contributed by atoms with van der Waals surface area (Å²) in [4.78, 5) is 0. The second-order valence-corrected chi connectivity index (χ2v) is 11.0. The van der Waals surface area contributed by atoms with Crippen LogP contribution in [0.2, 0.25) is 0 Å². The number of hydrogen-bond donors (Lipinski definition) is 0. The van der Waals surface area contributed by atoms with E-state index in [1.54, 1.807) is 0 Å². The van der Waals surface area contributed by atoms with Gasteiger partial charge in [0.25, 0.3) is 0 Å². The van der Waals surface area contributed by atoms with Gasteiger partial charge in [-0.1, -0.05) is 93.7 Å². The fourth-order valence-electron chi connectivity index (χ4n) is 3.65. The van der Waals surface area contributed by atoms with Gasteiger partial charge >= 0.3 is 0 Å². The molecule has 0 aliphatic carbocycles. The van der Waals surface area contributed by atoms with E-state index in [2.05, 4.69) is 60.9 Å². The van der Waals surface area contributed by atoms with Gasteiger partial charge in [0.15, 0.2) is 0 Å². The lowest BCUT2D eigenvalue weighted by atomic mass is 9.83. The topological polar surface area (TPSA) is 0 Å². The first kappa shape index (κ1) is 33.0. The standard InChI is InChI=1S/C33H52F2/c1-13-23(4)32(34)20-29(10)27(8)18-19-28(9)31(12)33(35)21-30(11)26(7)17-16-25(6)24(5)15-14-22(2)3/h19-22,24-27H,4,10-18H2,1-3,5-9H3/b28-19+,32-20+,33-21+. The predicted molar refractivity (Wildman–Crippen MR) is 154 cm³/mol. The van der Waals surface area contributed by atoms with Gasteiger partial charge in [-0.25, -0.2) is 8.78 Å². The van der Waals surface area contributed by atoms with Crippen molar-refractivity contribution in [2.24, 2.45) is 29.6 Å². The second kappa shape index (κ2) is 16.7. The van der Waals surface area contributed by atoms with Crippen molar-refractivity contribution in [2.45, 2.75) is 93.9 Å². The van der Waals surface area contributed by atoms with E-state index in [4.69, 9.17) is 0 Å². The Balaban J connectivity index is 4.90. The highest BCUT2D eigenvalue weighted by molar-refractivity contribution is 5.43. The molecule has 0 aromatic rings. The maximum absolute atomic E-state index is 14.9. The summed E-state index contributed by atoms with van der Waals surface area (Å²) in [5.41, 5.74) is 3.10. The van der Waals surface area contributed by atoms with Crippen LogP contribution in [0.1, 0.15) is 93.9 Å². The van der Waals surface area contributed by atoms with Gasteiger partial charge in [0, 0.05) is 5.57 Å². The molecule has 0 aliphatic rings. The Morgan fingerprint density at radius 3 is 1.71 bits per heavy atom. The molecule has 0 saturated heterocycles. The summed E-state index contributed by atoms with van der Waals surface area (Å²) < 4.78 is 29.0. The molecule has 0 spiro atoms. The van der Waals surface area contributed by atoms with Gasteiger partial charge in [-0.2, -0.15) is 0 Å². The van der Waals surface area contributed by atoms with Crippen LogP contribution >= 0.6 is 0 Å². The van der Waals surface area contributed by atoms with Crippen molar-refractivity contribution < 1.29 is 8.78 Å². The molecule has 198 valence electrons. The fraction of sp³-hybridized carbons (Fsp3) is 0.576. The van der Waals surface area contributed by atoms with Crippen molar-refractivity contribution in [1.82, 2.24) is 0 Å². The van der Waals surface area contributed by atoms with Crippen molar-refractivity contribution in [1.29, 1.82) is 0 Å². The van der Waals surface area contributed by atoms with Crippen LogP contribution in [0.25, 0.3) is 0 Å². The fourth-order valence-corrected chi connectivity index (χ4v) is 3.65. The molecule has 0 N–H and O–H groups in total. The van der Waals surface area contributed by atoms with Gasteiger partial charge in [-0.3, -0.25) is 0 Å². The molecule has 35 heavy (non-hydrogen) atoms. The van der Waals surface area contributed by atoms with Crippen LogP contribution in [0.3, 0.4) is 0 Å². The summed E-state index contributed by atoms with van der Waals surface area (Å²) in [7, 11) is 0. The Hall–Kier alpha value is -1.96. The Morgan fingerprint density at radius 1 is 0.714 bits per heavy atom. The normalized spacial score (nSPS) is 16.6. The largest absolute Gasteiger partial charge is 0.207 e. The third-order valence-electron chi connectivity index (χ3n) is 7.42. The predicted octanol–water partition coefficient (Wildman–Crippen LogP) is 11.4. The zero-order chi connectivity index (χ0) is 27.3. The van der Waals surface area contributed by atoms with Crippen molar-refractivity contribution in [3.8, 4) is 0 Å². The van der Waals surface area contributed by atoms with Crippen LogP contribution in [-0.4, -0.2) is 0 Å². The van der Waals surface area contributed by atoms with E-state index < -0.39 is 0 Å². The van der Waals surface area contributed by atoms with Crippen LogP contribution < -0.4 is 0 Å². The van der Waals surface area contributed by atoms with Crippen LogP contribution in [-0.2, 0) is 0 Å². The molecule has 0 nitrogen and oxygen atoms in total. The Bertz CT molecular complexity index is 818. The van der Waals surface area contributed by atoms with Crippen molar-refractivity contribution in [2.75, 3.05) is 0 Å². The molecular formula is C33H52F2. The third-order valence-corrected chi connectivity index (χ3v) is 7.42. The van der Waals surface area contributed by atoms with E-state index in [0.717, 1.165) is 29.9 Å². The first-order valence-electron chi connectivity index (χ1n) is 13.4. The average Bonchev–Trinajstić information content (AvgIpc) is 2.81. The molecule has 0 amide bonds. The van der Waals surface area contributed by atoms with Crippen molar-refractivity contribution >= 4 is 0 Å². The number of hydrogen-bond acceptors (Lipinski definition) is 0. The quantitative estimate of drug-likeness (QED) is 0.179. The molecule has 0 saturated carbocycles. The lowest BCUT2D eigenvalue weighted by molar-refractivity contribution is 0.306. The number of allylic oxidation sites excluding steroid dienone is 10. The Morgan fingerprint density at radius 2 is 1.20 bits per heavy atom. The molecule has 0 rings (SSSR count). The molecule has 4 atom stereocenters. The molecule has 4 unspecified atom stereocenters. The first-order chi connectivity index (χ1) is 16.2. The minimum absolute atomic E-state index is 0.0279.